The summed E-state index contributed by atoms with van der Waals surface area (Å²) in [5, 5.41) is 11.2. The predicted molar refractivity (Wildman–Crippen MR) is 61.7 cm³/mol. The minimum atomic E-state index is -1.06. The molecule has 0 fully saturated rings. The normalized spacial score (nSPS) is 11.8. The van der Waals surface area contributed by atoms with Gasteiger partial charge >= 0.3 is 5.97 Å². The minimum Gasteiger partial charge on any atom is -0.480 e. The Bertz CT molecular complexity index is 254. The molecule has 2 N–H and O–H groups in total. The maximum absolute atomic E-state index is 11.3. The van der Waals surface area contributed by atoms with Crippen molar-refractivity contribution in [2.75, 3.05) is 26.9 Å². The lowest BCUT2D eigenvalue weighted by atomic mass is 10.1. The summed E-state index contributed by atoms with van der Waals surface area (Å²) < 4.78 is 9.70. The third-order valence-electron chi connectivity index (χ3n) is 1.96. The summed E-state index contributed by atoms with van der Waals surface area (Å²) in [6.45, 7) is 4.03. The van der Waals surface area contributed by atoms with E-state index in [9.17, 15) is 9.59 Å². The zero-order valence-corrected chi connectivity index (χ0v) is 9.98. The number of hydrogen-bond donors (Lipinski definition) is 2. The molecule has 6 nitrogen and oxygen atoms in total. The van der Waals surface area contributed by atoms with Gasteiger partial charge in [0.25, 0.3) is 0 Å². The van der Waals surface area contributed by atoms with Crippen LogP contribution in [0.4, 0.5) is 0 Å². The zero-order chi connectivity index (χ0) is 13.1. The van der Waals surface area contributed by atoms with Gasteiger partial charge < -0.3 is 19.9 Å². The third-order valence-corrected chi connectivity index (χ3v) is 1.96. The molecular formula is C11H19NO5. The Morgan fingerprint density at radius 1 is 1.47 bits per heavy atom. The number of carbonyl (C=O) groups excluding carboxylic acids is 1. The number of nitrogens with one attached hydrogen (secondary N) is 1. The number of carbonyl (C=O) groups is 2. The quantitative estimate of drug-likeness (QED) is 0.424. The van der Waals surface area contributed by atoms with Crippen LogP contribution in [0.3, 0.4) is 0 Å². The van der Waals surface area contributed by atoms with Crippen molar-refractivity contribution in [2.45, 2.75) is 18.9 Å². The maximum Gasteiger partial charge on any atom is 0.326 e. The van der Waals surface area contributed by atoms with Crippen LogP contribution in [0.5, 0.6) is 0 Å². The van der Waals surface area contributed by atoms with Crippen LogP contribution in [0.1, 0.15) is 12.8 Å². The first-order valence-corrected chi connectivity index (χ1v) is 5.31. The number of methoxy groups -OCH3 is 1. The van der Waals surface area contributed by atoms with Crippen LogP contribution in [-0.2, 0) is 19.1 Å². The van der Waals surface area contributed by atoms with E-state index in [4.69, 9.17) is 14.6 Å². The van der Waals surface area contributed by atoms with Crippen LogP contribution < -0.4 is 5.32 Å². The van der Waals surface area contributed by atoms with Gasteiger partial charge in [0.05, 0.1) is 13.2 Å². The lowest BCUT2D eigenvalue weighted by Gasteiger charge is -2.13. The molecule has 1 amide bonds. The molecular weight excluding hydrogens is 226 g/mol. The Hall–Kier alpha value is -1.40. The molecule has 0 rings (SSSR count). The predicted octanol–water partition coefficient (Wildman–Crippen LogP) is 0.185. The van der Waals surface area contributed by atoms with E-state index in [1.807, 2.05) is 0 Å². The number of hydrogen-bond acceptors (Lipinski definition) is 4. The van der Waals surface area contributed by atoms with Gasteiger partial charge in [-0.05, 0) is 12.8 Å². The molecule has 0 saturated carbocycles. The fourth-order valence-electron chi connectivity index (χ4n) is 1.09. The molecule has 0 aromatic rings. The molecule has 0 bridgehead atoms. The third kappa shape index (κ3) is 8.41. The molecule has 0 unspecified atom stereocenters. The summed E-state index contributed by atoms with van der Waals surface area (Å²) >= 11 is 0. The highest BCUT2D eigenvalue weighted by molar-refractivity contribution is 5.84. The summed E-state index contributed by atoms with van der Waals surface area (Å²) in [5.74, 6) is -1.50. The summed E-state index contributed by atoms with van der Waals surface area (Å²) in [6, 6.07) is -0.897. The number of aliphatic carboxylic acids is 1. The van der Waals surface area contributed by atoms with Gasteiger partial charge in [-0.3, -0.25) is 4.79 Å². The summed E-state index contributed by atoms with van der Waals surface area (Å²) in [5.41, 5.74) is 0. The smallest absolute Gasteiger partial charge is 0.326 e. The molecule has 0 aliphatic rings. The van der Waals surface area contributed by atoms with E-state index in [1.54, 1.807) is 6.08 Å². The van der Waals surface area contributed by atoms with Crippen molar-refractivity contribution in [1.29, 1.82) is 0 Å². The number of allylic oxidation sites excluding steroid dienone is 1. The van der Waals surface area contributed by atoms with Crippen molar-refractivity contribution in [2.24, 2.45) is 0 Å². The second-order valence-corrected chi connectivity index (χ2v) is 3.37. The SMILES string of the molecule is C=CCC[C@H](NC(=O)COCCOC)C(=O)O. The Labute approximate surface area is 101 Å². The van der Waals surface area contributed by atoms with Crippen LogP contribution >= 0.6 is 0 Å². The van der Waals surface area contributed by atoms with Gasteiger partial charge in [0.15, 0.2) is 0 Å². The van der Waals surface area contributed by atoms with Crippen LogP contribution in [0.25, 0.3) is 0 Å². The van der Waals surface area contributed by atoms with Gasteiger partial charge in [-0.1, -0.05) is 6.08 Å². The lowest BCUT2D eigenvalue weighted by molar-refractivity contribution is -0.142. The number of carboxylic acid groups (broad SMARTS) is 1. The van der Waals surface area contributed by atoms with Crippen LogP contribution in [0, 0.1) is 0 Å². The average molecular weight is 245 g/mol. The molecule has 0 heterocycles. The fourth-order valence-corrected chi connectivity index (χ4v) is 1.09. The lowest BCUT2D eigenvalue weighted by Crippen LogP contribution is -2.42. The van der Waals surface area contributed by atoms with Crippen molar-refractivity contribution in [3.8, 4) is 0 Å². The monoisotopic (exact) mass is 245 g/mol. The Morgan fingerprint density at radius 2 is 2.18 bits per heavy atom. The molecule has 0 aromatic heterocycles. The van der Waals surface area contributed by atoms with Crippen LogP contribution in [-0.4, -0.2) is 50.0 Å². The van der Waals surface area contributed by atoms with E-state index in [-0.39, 0.29) is 6.61 Å². The van der Waals surface area contributed by atoms with Gasteiger partial charge in [-0.2, -0.15) is 0 Å². The van der Waals surface area contributed by atoms with E-state index in [1.165, 1.54) is 7.11 Å². The molecule has 0 aliphatic carbocycles. The van der Waals surface area contributed by atoms with E-state index in [0.29, 0.717) is 26.1 Å². The minimum absolute atomic E-state index is 0.165. The molecule has 6 heteroatoms. The standard InChI is InChI=1S/C11H19NO5/c1-3-4-5-9(11(14)15)12-10(13)8-17-7-6-16-2/h3,9H,1,4-8H2,2H3,(H,12,13)(H,14,15)/t9-/m0/s1. The molecule has 0 spiro atoms. The topological polar surface area (TPSA) is 84.9 Å². The largest absolute Gasteiger partial charge is 0.480 e. The number of rotatable bonds is 10. The Kier molecular flexibility index (Phi) is 8.99. The Morgan fingerprint density at radius 3 is 2.71 bits per heavy atom. The van der Waals surface area contributed by atoms with Gasteiger partial charge in [0, 0.05) is 7.11 Å². The van der Waals surface area contributed by atoms with Crippen molar-refractivity contribution in [3.05, 3.63) is 12.7 Å². The first kappa shape index (κ1) is 15.6. The van der Waals surface area contributed by atoms with E-state index < -0.39 is 17.9 Å². The number of ether oxygens (including phenoxy) is 2. The van der Waals surface area contributed by atoms with Gasteiger partial charge in [-0.25, -0.2) is 4.79 Å². The second-order valence-electron chi connectivity index (χ2n) is 3.37. The molecule has 17 heavy (non-hydrogen) atoms. The highest BCUT2D eigenvalue weighted by Crippen LogP contribution is 1.98. The summed E-state index contributed by atoms with van der Waals surface area (Å²) in [7, 11) is 1.53. The molecule has 0 radical (unpaired) electrons. The van der Waals surface area contributed by atoms with Crippen molar-refractivity contribution in [3.63, 3.8) is 0 Å². The summed E-state index contributed by atoms with van der Waals surface area (Å²) in [4.78, 5) is 22.1. The second kappa shape index (κ2) is 9.80. The molecule has 0 saturated heterocycles. The van der Waals surface area contributed by atoms with Crippen molar-refractivity contribution < 1.29 is 24.2 Å². The van der Waals surface area contributed by atoms with Gasteiger partial charge in [0.1, 0.15) is 12.6 Å². The molecule has 0 aromatic carbocycles. The first-order valence-electron chi connectivity index (χ1n) is 5.31. The number of amides is 1. The zero-order valence-electron chi connectivity index (χ0n) is 9.98. The Balaban J connectivity index is 3.86. The highest BCUT2D eigenvalue weighted by atomic mass is 16.5. The fraction of sp³-hybridized carbons (Fsp3) is 0.636. The highest BCUT2D eigenvalue weighted by Gasteiger charge is 2.18. The average Bonchev–Trinajstić information content (AvgIpc) is 2.29. The van der Waals surface area contributed by atoms with Crippen LogP contribution in [0.2, 0.25) is 0 Å². The van der Waals surface area contributed by atoms with Crippen molar-refractivity contribution >= 4 is 11.9 Å². The van der Waals surface area contributed by atoms with E-state index >= 15 is 0 Å². The van der Waals surface area contributed by atoms with E-state index in [2.05, 4.69) is 11.9 Å². The van der Waals surface area contributed by atoms with E-state index in [0.717, 1.165) is 0 Å². The first-order chi connectivity index (χ1) is 8.11. The van der Waals surface area contributed by atoms with Crippen LogP contribution in [0.15, 0.2) is 12.7 Å². The molecule has 98 valence electrons. The molecule has 1 atom stereocenters. The molecule has 0 aliphatic heterocycles. The van der Waals surface area contributed by atoms with Crippen molar-refractivity contribution in [1.82, 2.24) is 5.32 Å². The number of carboxylic acids is 1. The maximum atomic E-state index is 11.3. The van der Waals surface area contributed by atoms with Gasteiger partial charge in [0.2, 0.25) is 5.91 Å². The summed E-state index contributed by atoms with van der Waals surface area (Å²) in [6.07, 6.45) is 2.46. The van der Waals surface area contributed by atoms with Gasteiger partial charge in [-0.15, -0.1) is 6.58 Å².